The predicted molar refractivity (Wildman–Crippen MR) is 83.7 cm³/mol. The first-order valence-corrected chi connectivity index (χ1v) is 7.13. The molecule has 1 atom stereocenters. The van der Waals surface area contributed by atoms with Gasteiger partial charge in [-0.15, -0.1) is 5.92 Å². The zero-order chi connectivity index (χ0) is 14.2. The second-order valence-electron chi connectivity index (χ2n) is 4.86. The molecule has 1 nitrogen and oxygen atoms in total. The highest BCUT2D eigenvalue weighted by Crippen LogP contribution is 2.25. The average Bonchev–Trinajstić information content (AvgIpc) is 2.50. The third-order valence-corrected chi connectivity index (χ3v) is 3.26. The van der Waals surface area contributed by atoms with Gasteiger partial charge in [-0.05, 0) is 29.7 Å². The largest absolute Gasteiger partial charge is 0.508 e. The van der Waals surface area contributed by atoms with Gasteiger partial charge < -0.3 is 5.11 Å². The van der Waals surface area contributed by atoms with Crippen LogP contribution in [0.15, 0.2) is 54.6 Å². The summed E-state index contributed by atoms with van der Waals surface area (Å²) >= 11 is 0. The highest BCUT2D eigenvalue weighted by Gasteiger charge is 2.10. The van der Waals surface area contributed by atoms with Crippen molar-refractivity contribution in [3.63, 3.8) is 0 Å². The second-order valence-corrected chi connectivity index (χ2v) is 4.86. The third-order valence-electron chi connectivity index (χ3n) is 3.26. The topological polar surface area (TPSA) is 20.2 Å². The van der Waals surface area contributed by atoms with Gasteiger partial charge in [0.1, 0.15) is 5.75 Å². The molecule has 0 radical (unpaired) electrons. The number of phenolic OH excluding ortho intramolecular Hbond substituents is 1. The first-order chi connectivity index (χ1) is 9.81. The van der Waals surface area contributed by atoms with E-state index in [1.54, 1.807) is 12.1 Å². The molecule has 0 amide bonds. The van der Waals surface area contributed by atoms with Crippen LogP contribution in [-0.2, 0) is 0 Å². The smallest absolute Gasteiger partial charge is 0.115 e. The SMILES string of the molecule is CCCCC#CC(c1ccccc1)c1ccc(O)cc1. The molecule has 2 aromatic carbocycles. The molecule has 1 heteroatoms. The Hall–Kier alpha value is -2.20. The summed E-state index contributed by atoms with van der Waals surface area (Å²) in [6.07, 6.45) is 3.26. The first kappa shape index (κ1) is 14.2. The van der Waals surface area contributed by atoms with Crippen LogP contribution >= 0.6 is 0 Å². The van der Waals surface area contributed by atoms with Crippen molar-refractivity contribution in [1.29, 1.82) is 0 Å². The lowest BCUT2D eigenvalue weighted by Crippen LogP contribution is -1.98. The van der Waals surface area contributed by atoms with Crippen molar-refractivity contribution in [3.05, 3.63) is 65.7 Å². The van der Waals surface area contributed by atoms with Crippen molar-refractivity contribution in [2.24, 2.45) is 0 Å². The van der Waals surface area contributed by atoms with Crippen molar-refractivity contribution in [2.45, 2.75) is 32.1 Å². The van der Waals surface area contributed by atoms with Crippen molar-refractivity contribution in [3.8, 4) is 17.6 Å². The second kappa shape index (κ2) is 7.40. The maximum Gasteiger partial charge on any atom is 0.115 e. The zero-order valence-electron chi connectivity index (χ0n) is 11.8. The molecule has 0 fully saturated rings. The molecule has 0 bridgehead atoms. The average molecular weight is 264 g/mol. The number of hydrogen-bond acceptors (Lipinski definition) is 1. The molecule has 0 heterocycles. The van der Waals surface area contributed by atoms with E-state index in [9.17, 15) is 5.11 Å². The van der Waals surface area contributed by atoms with Crippen LogP contribution in [0.1, 0.15) is 43.2 Å². The van der Waals surface area contributed by atoms with Crippen LogP contribution in [0.4, 0.5) is 0 Å². The number of aromatic hydroxyl groups is 1. The Labute approximate surface area is 121 Å². The van der Waals surface area contributed by atoms with Gasteiger partial charge in [0.2, 0.25) is 0 Å². The van der Waals surface area contributed by atoms with Gasteiger partial charge in [0, 0.05) is 6.42 Å². The van der Waals surface area contributed by atoms with E-state index in [4.69, 9.17) is 0 Å². The molecule has 0 aliphatic carbocycles. The van der Waals surface area contributed by atoms with Crippen LogP contribution < -0.4 is 0 Å². The Morgan fingerprint density at radius 1 is 0.950 bits per heavy atom. The van der Waals surface area contributed by atoms with E-state index in [2.05, 4.69) is 30.9 Å². The van der Waals surface area contributed by atoms with E-state index in [1.165, 1.54) is 12.0 Å². The quantitative estimate of drug-likeness (QED) is 0.626. The fourth-order valence-corrected chi connectivity index (χ4v) is 2.11. The van der Waals surface area contributed by atoms with Gasteiger partial charge in [-0.3, -0.25) is 0 Å². The summed E-state index contributed by atoms with van der Waals surface area (Å²) < 4.78 is 0. The molecule has 0 aromatic heterocycles. The maximum absolute atomic E-state index is 9.42. The Balaban J connectivity index is 2.28. The summed E-state index contributed by atoms with van der Waals surface area (Å²) in [6.45, 7) is 2.18. The molecular weight excluding hydrogens is 244 g/mol. The molecule has 20 heavy (non-hydrogen) atoms. The highest BCUT2D eigenvalue weighted by atomic mass is 16.3. The Morgan fingerprint density at radius 3 is 2.25 bits per heavy atom. The molecule has 0 saturated carbocycles. The normalized spacial score (nSPS) is 11.4. The summed E-state index contributed by atoms with van der Waals surface area (Å²) in [5, 5.41) is 9.42. The van der Waals surface area contributed by atoms with Crippen LogP contribution in [-0.4, -0.2) is 5.11 Å². The fourth-order valence-electron chi connectivity index (χ4n) is 2.11. The maximum atomic E-state index is 9.42. The van der Waals surface area contributed by atoms with E-state index in [0.29, 0.717) is 5.75 Å². The Bertz CT molecular complexity index is 573. The zero-order valence-corrected chi connectivity index (χ0v) is 11.8. The molecule has 2 rings (SSSR count). The molecule has 0 aliphatic rings. The molecule has 1 unspecified atom stereocenters. The predicted octanol–water partition coefficient (Wildman–Crippen LogP) is 4.72. The molecule has 0 saturated heterocycles. The lowest BCUT2D eigenvalue weighted by Gasteiger charge is -2.11. The highest BCUT2D eigenvalue weighted by molar-refractivity contribution is 5.41. The molecule has 2 aromatic rings. The van der Waals surface area contributed by atoms with Crippen LogP contribution in [0, 0.1) is 11.8 Å². The summed E-state index contributed by atoms with van der Waals surface area (Å²) in [6, 6.07) is 17.6. The number of benzene rings is 2. The molecule has 0 spiro atoms. The van der Waals surface area contributed by atoms with Crippen molar-refractivity contribution in [1.82, 2.24) is 0 Å². The van der Waals surface area contributed by atoms with E-state index in [1.807, 2.05) is 30.3 Å². The Morgan fingerprint density at radius 2 is 1.60 bits per heavy atom. The summed E-state index contributed by atoms with van der Waals surface area (Å²) in [5.74, 6) is 7.03. The third kappa shape index (κ3) is 3.90. The molecule has 0 aliphatic heterocycles. The first-order valence-electron chi connectivity index (χ1n) is 7.13. The van der Waals surface area contributed by atoms with Gasteiger partial charge in [-0.1, -0.05) is 61.7 Å². The number of hydrogen-bond donors (Lipinski definition) is 1. The molecule has 102 valence electrons. The Kier molecular flexibility index (Phi) is 5.26. The van der Waals surface area contributed by atoms with E-state index >= 15 is 0 Å². The van der Waals surface area contributed by atoms with Gasteiger partial charge in [0.25, 0.3) is 0 Å². The van der Waals surface area contributed by atoms with Gasteiger partial charge in [0.05, 0.1) is 5.92 Å². The minimum Gasteiger partial charge on any atom is -0.508 e. The molecule has 1 N–H and O–H groups in total. The van der Waals surface area contributed by atoms with E-state index in [0.717, 1.165) is 18.4 Å². The minimum absolute atomic E-state index is 0.0775. The minimum atomic E-state index is 0.0775. The summed E-state index contributed by atoms with van der Waals surface area (Å²) in [5.41, 5.74) is 2.32. The number of phenols is 1. The van der Waals surface area contributed by atoms with Crippen molar-refractivity contribution in [2.75, 3.05) is 0 Å². The standard InChI is InChI=1S/C19H20O/c1-2-3-4-8-11-19(16-9-6-5-7-10-16)17-12-14-18(20)15-13-17/h5-7,9-10,12-15,19-20H,2-4H2,1H3. The summed E-state index contributed by atoms with van der Waals surface area (Å²) in [4.78, 5) is 0. The number of unbranched alkanes of at least 4 members (excludes halogenated alkanes) is 2. The van der Waals surface area contributed by atoms with Crippen LogP contribution in [0.2, 0.25) is 0 Å². The van der Waals surface area contributed by atoms with Gasteiger partial charge >= 0.3 is 0 Å². The monoisotopic (exact) mass is 264 g/mol. The van der Waals surface area contributed by atoms with Crippen LogP contribution in [0.25, 0.3) is 0 Å². The summed E-state index contributed by atoms with van der Waals surface area (Å²) in [7, 11) is 0. The van der Waals surface area contributed by atoms with Crippen LogP contribution in [0.3, 0.4) is 0 Å². The van der Waals surface area contributed by atoms with Crippen molar-refractivity contribution < 1.29 is 5.11 Å². The fraction of sp³-hybridized carbons (Fsp3) is 0.263. The van der Waals surface area contributed by atoms with Gasteiger partial charge in [-0.2, -0.15) is 0 Å². The van der Waals surface area contributed by atoms with Crippen molar-refractivity contribution >= 4 is 0 Å². The van der Waals surface area contributed by atoms with E-state index in [-0.39, 0.29) is 5.92 Å². The van der Waals surface area contributed by atoms with Gasteiger partial charge in [0.15, 0.2) is 0 Å². The van der Waals surface area contributed by atoms with Crippen LogP contribution in [0.5, 0.6) is 5.75 Å². The molecular formula is C19H20O. The number of rotatable bonds is 4. The van der Waals surface area contributed by atoms with E-state index < -0.39 is 0 Å². The van der Waals surface area contributed by atoms with Gasteiger partial charge in [-0.25, -0.2) is 0 Å². The lowest BCUT2D eigenvalue weighted by molar-refractivity contribution is 0.475. The lowest BCUT2D eigenvalue weighted by atomic mass is 9.91.